The lowest BCUT2D eigenvalue weighted by Crippen LogP contribution is -2.59. The number of pyridine rings is 1. The third-order valence-corrected chi connectivity index (χ3v) is 13.9. The molecule has 3 aliphatic carbocycles. The van der Waals surface area contributed by atoms with Crippen LogP contribution in [0.2, 0.25) is 0 Å². The number of alkyl carbamates (subject to hydrolysis) is 1. The number of sulfonamides is 1. The smallest absolute Gasteiger partial charge is 0.407 e. The number of carbonyl (C=O) groups is 4. The third kappa shape index (κ3) is 8.00. The number of methoxy groups -OCH3 is 1. The van der Waals surface area contributed by atoms with Crippen LogP contribution in [0.15, 0.2) is 67.3 Å². The van der Waals surface area contributed by atoms with E-state index in [2.05, 4.69) is 21.9 Å². The average Bonchev–Trinajstić information content (AvgIpc) is 4.09. The molecule has 4 amide bonds. The van der Waals surface area contributed by atoms with Crippen molar-refractivity contribution in [3.63, 3.8) is 0 Å². The Balaban J connectivity index is 1.18. The lowest BCUT2D eigenvalue weighted by Gasteiger charge is -2.32. The van der Waals surface area contributed by atoms with E-state index in [1.165, 1.54) is 11.0 Å². The maximum Gasteiger partial charge on any atom is 0.407 e. The Morgan fingerprint density at radius 2 is 1.84 bits per heavy atom. The van der Waals surface area contributed by atoms with Gasteiger partial charge < -0.3 is 29.7 Å². The molecule has 1 saturated heterocycles. The van der Waals surface area contributed by atoms with Crippen LogP contribution in [0.5, 0.6) is 11.5 Å². The van der Waals surface area contributed by atoms with Gasteiger partial charge in [-0.2, -0.15) is 0 Å². The fourth-order valence-electron chi connectivity index (χ4n) is 8.57. The summed E-state index contributed by atoms with van der Waals surface area (Å²) >= 11 is 0. The van der Waals surface area contributed by atoms with Gasteiger partial charge in [0.2, 0.25) is 21.8 Å². The van der Waals surface area contributed by atoms with Crippen LogP contribution in [0.4, 0.5) is 4.79 Å². The number of benzene rings is 2. The predicted octanol–water partition coefficient (Wildman–Crippen LogP) is 5.02. The zero-order chi connectivity index (χ0) is 40.6. The summed E-state index contributed by atoms with van der Waals surface area (Å²) in [6.45, 7) is 3.93. The Morgan fingerprint density at radius 3 is 2.55 bits per heavy atom. The minimum absolute atomic E-state index is 0.00951. The van der Waals surface area contributed by atoms with Crippen LogP contribution in [0.1, 0.15) is 69.8 Å². The van der Waals surface area contributed by atoms with E-state index in [1.807, 2.05) is 60.7 Å². The van der Waals surface area contributed by atoms with Gasteiger partial charge in [0.15, 0.2) is 0 Å². The molecule has 3 saturated carbocycles. The van der Waals surface area contributed by atoms with Crippen molar-refractivity contribution in [2.45, 2.75) is 93.2 Å². The second kappa shape index (κ2) is 16.1. The van der Waals surface area contributed by atoms with E-state index < -0.39 is 68.7 Å². The normalized spacial score (nSPS) is 27.1. The lowest BCUT2D eigenvalue weighted by molar-refractivity contribution is -0.142. The summed E-state index contributed by atoms with van der Waals surface area (Å²) in [5.41, 5.74) is 1.36. The molecule has 4 bridgehead atoms. The van der Waals surface area contributed by atoms with E-state index in [9.17, 15) is 27.6 Å². The highest BCUT2D eigenvalue weighted by molar-refractivity contribution is 7.91. The van der Waals surface area contributed by atoms with E-state index in [0.29, 0.717) is 66.6 Å². The molecule has 4 fully saturated rings. The summed E-state index contributed by atoms with van der Waals surface area (Å²) < 4.78 is 46.0. The maximum atomic E-state index is 14.8. The largest absolute Gasteiger partial charge is 0.496 e. The summed E-state index contributed by atoms with van der Waals surface area (Å²) in [5, 5.41) is 5.75. The highest BCUT2D eigenvalue weighted by atomic mass is 32.2. The fourth-order valence-corrected chi connectivity index (χ4v) is 9.93. The summed E-state index contributed by atoms with van der Waals surface area (Å²) in [5.74, 6) is -1.53. The van der Waals surface area contributed by atoms with E-state index in [1.54, 1.807) is 7.11 Å². The first-order valence-electron chi connectivity index (χ1n) is 20.2. The van der Waals surface area contributed by atoms with Gasteiger partial charge in [-0.25, -0.2) is 18.2 Å². The zero-order valence-electron chi connectivity index (χ0n) is 32.5. The molecule has 2 aromatic carbocycles. The Bertz CT molecular complexity index is 2260. The van der Waals surface area contributed by atoms with Crippen LogP contribution in [0.3, 0.4) is 0 Å². The van der Waals surface area contributed by atoms with Crippen molar-refractivity contribution in [1.82, 2.24) is 25.2 Å². The monoisotopic (exact) mass is 811 g/mol. The van der Waals surface area contributed by atoms with Crippen LogP contribution >= 0.6 is 0 Å². The first-order chi connectivity index (χ1) is 28.0. The highest BCUT2D eigenvalue weighted by Crippen LogP contribution is 2.46. The van der Waals surface area contributed by atoms with Crippen LogP contribution in [-0.4, -0.2) is 91.4 Å². The molecule has 5 aliphatic rings. The Morgan fingerprint density at radius 1 is 1.07 bits per heavy atom. The number of fused-ring (bicyclic) bond motifs is 3. The number of hydrogen-bond acceptors (Lipinski definition) is 10. The molecule has 0 unspecified atom stereocenters. The molecule has 0 radical (unpaired) electrons. The van der Waals surface area contributed by atoms with Crippen LogP contribution in [0.25, 0.3) is 28.2 Å². The molecule has 1 aromatic heterocycles. The molecule has 2 aliphatic heterocycles. The van der Waals surface area contributed by atoms with Crippen molar-refractivity contribution in [1.29, 1.82) is 0 Å². The first-order valence-corrected chi connectivity index (χ1v) is 21.7. The number of rotatable bonds is 9. The topological polar surface area (TPSA) is 182 Å². The van der Waals surface area contributed by atoms with E-state index in [4.69, 9.17) is 19.2 Å². The number of allylic oxidation sites excluding steroid dienone is 1. The van der Waals surface area contributed by atoms with Gasteiger partial charge >= 0.3 is 6.09 Å². The van der Waals surface area contributed by atoms with E-state index in [0.717, 1.165) is 24.0 Å². The molecule has 306 valence electrons. The van der Waals surface area contributed by atoms with Crippen LogP contribution in [-0.2, 0) is 29.1 Å². The minimum Gasteiger partial charge on any atom is -0.496 e. The molecular formula is C43H49N5O9S. The molecule has 15 heteroatoms. The van der Waals surface area contributed by atoms with Crippen molar-refractivity contribution in [3.8, 4) is 22.8 Å². The van der Waals surface area contributed by atoms with Crippen LogP contribution < -0.4 is 24.8 Å². The van der Waals surface area contributed by atoms with Gasteiger partial charge in [0, 0.05) is 41.0 Å². The number of amides is 4. The lowest BCUT2D eigenvalue weighted by atomic mass is 9.96. The van der Waals surface area contributed by atoms with Gasteiger partial charge in [0.05, 0.1) is 36.7 Å². The number of aromatic nitrogens is 1. The van der Waals surface area contributed by atoms with Gasteiger partial charge in [-0.3, -0.25) is 19.1 Å². The number of cyclic esters (lactones) is 1. The molecule has 3 aromatic rings. The molecule has 5 atom stereocenters. The van der Waals surface area contributed by atoms with Gasteiger partial charge in [0.1, 0.15) is 35.2 Å². The Hall–Kier alpha value is -5.44. The molecule has 0 spiro atoms. The number of carbonyl (C=O) groups excluding carboxylic acids is 4. The maximum absolute atomic E-state index is 14.8. The predicted molar refractivity (Wildman–Crippen MR) is 216 cm³/mol. The fraction of sp³-hybridized carbons (Fsp3) is 0.465. The SMILES string of the molecule is C=C[C@H]1C[C@]1(NC(=O)[C@@H]1C[C@@H]2CN1C(=O)[C@H](C1CCCC1)NC(=O)OCCC/C=C/c1cc3c(cc(-c4ccccc4)nc3cc1OC)O2)C(=O)NS(=O)(=O)C1CC1. The number of ether oxygens (including phenoxy) is 3. The van der Waals surface area contributed by atoms with Crippen LogP contribution in [0, 0.1) is 11.8 Å². The van der Waals surface area contributed by atoms with Gasteiger partial charge in [-0.15, -0.1) is 6.58 Å². The molecule has 3 heterocycles. The summed E-state index contributed by atoms with van der Waals surface area (Å²) in [6, 6.07) is 13.2. The summed E-state index contributed by atoms with van der Waals surface area (Å²) in [6.07, 6.45) is 9.49. The van der Waals surface area contributed by atoms with E-state index >= 15 is 0 Å². The average molecular weight is 812 g/mol. The third-order valence-electron chi connectivity index (χ3n) is 12.0. The van der Waals surface area contributed by atoms with Gasteiger partial charge in [0.25, 0.3) is 5.91 Å². The Labute approximate surface area is 337 Å². The first kappa shape index (κ1) is 39.4. The number of nitrogens with zero attached hydrogens (tertiary/aromatic N) is 2. The van der Waals surface area contributed by atoms with Crippen molar-refractivity contribution in [2.75, 3.05) is 20.3 Å². The zero-order valence-corrected chi connectivity index (χ0v) is 33.3. The Kier molecular flexibility index (Phi) is 10.9. The van der Waals surface area contributed by atoms with Crippen molar-refractivity contribution in [2.24, 2.45) is 11.8 Å². The molecule has 58 heavy (non-hydrogen) atoms. The van der Waals surface area contributed by atoms with Crippen molar-refractivity contribution >= 4 is 50.8 Å². The second-order valence-electron chi connectivity index (χ2n) is 16.0. The van der Waals surface area contributed by atoms with Crippen molar-refractivity contribution in [3.05, 3.63) is 72.8 Å². The van der Waals surface area contributed by atoms with Gasteiger partial charge in [-0.05, 0) is 56.9 Å². The standard InChI is InChI=1S/C43H49N5O9S/c1-3-29-24-43(29,41(51)47-58(53,54)31-17-18-31)46-39(49)35-21-30-25-48(35)40(50)38(27-14-9-10-15-27)45-42(52)56-19-11-5-8-16-28-20-32-34(23-36(28)55-2)44-33(22-37(32)57-30)26-12-6-4-7-13-26/h3-4,6-8,12-13,16,20,22-23,27,29-31,35,38H,1,5,9-11,14-15,17-19,21,24-25H2,2H3,(H,45,52)(H,46,49)(H,47,51)/b16-8+/t29-,30+,35-,38-,43+/m0/s1. The molecular weight excluding hydrogens is 763 g/mol. The van der Waals surface area contributed by atoms with Crippen molar-refractivity contribution < 1.29 is 41.8 Å². The highest BCUT2D eigenvalue weighted by Gasteiger charge is 2.62. The van der Waals surface area contributed by atoms with Gasteiger partial charge in [-0.1, -0.05) is 61.4 Å². The molecule has 8 rings (SSSR count). The second-order valence-corrected chi connectivity index (χ2v) is 18.0. The molecule has 3 N–H and O–H groups in total. The molecule has 14 nitrogen and oxygen atoms in total. The summed E-state index contributed by atoms with van der Waals surface area (Å²) in [4.78, 5) is 62.6. The summed E-state index contributed by atoms with van der Waals surface area (Å²) in [7, 11) is -2.32. The number of nitrogens with one attached hydrogen (secondary N) is 3. The quantitative estimate of drug-likeness (QED) is 0.248. The number of hydrogen-bond donors (Lipinski definition) is 3. The van der Waals surface area contributed by atoms with E-state index in [-0.39, 0.29) is 31.9 Å². The minimum atomic E-state index is -3.91.